The number of nitrogens with zero attached hydrogens (tertiary/aromatic N) is 2. The van der Waals surface area contributed by atoms with E-state index in [1.807, 2.05) is 7.05 Å². The first kappa shape index (κ1) is 25.1. The van der Waals surface area contributed by atoms with E-state index >= 15 is 8.78 Å². The Balaban J connectivity index is 1.32. The number of likely N-dealkylation sites (N-methyl/N-ethyl adjacent to an activating group) is 1. The van der Waals surface area contributed by atoms with Gasteiger partial charge in [-0.2, -0.15) is 0 Å². The van der Waals surface area contributed by atoms with Crippen LogP contribution in [0.4, 0.5) is 14.5 Å². The van der Waals surface area contributed by atoms with Crippen molar-refractivity contribution in [3.8, 4) is 11.8 Å². The molecule has 2 heterocycles. The van der Waals surface area contributed by atoms with E-state index in [0.29, 0.717) is 40.6 Å². The lowest BCUT2D eigenvalue weighted by Crippen LogP contribution is -2.45. The third-order valence-electron chi connectivity index (χ3n) is 7.02. The van der Waals surface area contributed by atoms with E-state index in [1.54, 1.807) is 30.3 Å². The van der Waals surface area contributed by atoms with Crippen LogP contribution in [0.5, 0.6) is 0 Å². The summed E-state index contributed by atoms with van der Waals surface area (Å²) in [6, 6.07) is 9.25. The minimum atomic E-state index is -2.94. The number of benzene rings is 2. The summed E-state index contributed by atoms with van der Waals surface area (Å²) in [5.41, 5.74) is 1.84. The number of carbonyl (C=O) groups excluding carboxylic acids is 1. The summed E-state index contributed by atoms with van der Waals surface area (Å²) >= 11 is 6.28. The predicted octanol–water partition coefficient (Wildman–Crippen LogP) is 3.72. The number of nitrogens with one attached hydrogen (secondary N) is 2. The van der Waals surface area contributed by atoms with Gasteiger partial charge in [0.2, 0.25) is 0 Å². The van der Waals surface area contributed by atoms with Gasteiger partial charge in [-0.1, -0.05) is 29.5 Å². The number of ether oxygens (including phenoxy) is 1. The van der Waals surface area contributed by atoms with Crippen LogP contribution in [0, 0.1) is 11.8 Å². The topological polar surface area (TPSA) is 56.8 Å². The average molecular weight is 515 g/mol. The summed E-state index contributed by atoms with van der Waals surface area (Å²) in [6.45, 7) is 5.13. The number of piperazine rings is 1. The number of hydrogen-bond acceptors (Lipinski definition) is 5. The van der Waals surface area contributed by atoms with Gasteiger partial charge < -0.3 is 15.0 Å². The number of anilines is 1. The lowest BCUT2D eigenvalue weighted by molar-refractivity contribution is -0.0257. The van der Waals surface area contributed by atoms with Gasteiger partial charge in [-0.05, 0) is 42.9 Å². The van der Waals surface area contributed by atoms with Gasteiger partial charge in [0.25, 0.3) is 11.8 Å². The van der Waals surface area contributed by atoms with Crippen molar-refractivity contribution in [3.05, 3.63) is 63.7 Å². The summed E-state index contributed by atoms with van der Waals surface area (Å²) < 4.78 is 35.4. The molecule has 2 fully saturated rings. The van der Waals surface area contributed by atoms with Crippen LogP contribution in [0.25, 0.3) is 0 Å². The third kappa shape index (κ3) is 5.41. The average Bonchev–Trinajstić information content (AvgIpc) is 3.14. The van der Waals surface area contributed by atoms with Gasteiger partial charge in [0.1, 0.15) is 0 Å². The molecule has 36 heavy (non-hydrogen) atoms. The fourth-order valence-corrected chi connectivity index (χ4v) is 5.12. The summed E-state index contributed by atoms with van der Waals surface area (Å²) in [5.74, 6) is 2.74. The van der Waals surface area contributed by atoms with Gasteiger partial charge in [0, 0.05) is 67.6 Å². The van der Waals surface area contributed by atoms with Gasteiger partial charge in [-0.3, -0.25) is 15.0 Å². The van der Waals surface area contributed by atoms with E-state index in [0.717, 1.165) is 32.7 Å². The molecule has 0 saturated carbocycles. The standard InChI is InChI=1S/C27H29ClF2N4O2/c1-33-9-11-34(12-10-33)25-16-27(29,30)23-15-20(5-6-22(23)25)32-26(35)19-3-7-24(28)18(14-19)2-4-21-17-36-13-8-31-21/h3,5-7,14-15,21,25,31H,8-13,16-17H2,1H3,(H,32,35). The molecule has 0 aromatic heterocycles. The van der Waals surface area contributed by atoms with E-state index in [2.05, 4.69) is 32.3 Å². The maximum Gasteiger partial charge on any atom is 0.275 e. The Labute approximate surface area is 214 Å². The first-order valence-corrected chi connectivity index (χ1v) is 12.6. The van der Waals surface area contributed by atoms with Gasteiger partial charge in [0.15, 0.2) is 0 Å². The van der Waals surface area contributed by atoms with Gasteiger partial charge in [-0.25, -0.2) is 8.78 Å². The molecule has 190 valence electrons. The molecule has 0 bridgehead atoms. The van der Waals surface area contributed by atoms with Crippen molar-refractivity contribution in [1.82, 2.24) is 15.1 Å². The molecule has 0 spiro atoms. The third-order valence-corrected chi connectivity index (χ3v) is 7.35. The van der Waals surface area contributed by atoms with Crippen LogP contribution in [0.15, 0.2) is 36.4 Å². The minimum Gasteiger partial charge on any atom is -0.377 e. The lowest BCUT2D eigenvalue weighted by atomic mass is 10.0. The monoisotopic (exact) mass is 514 g/mol. The van der Waals surface area contributed by atoms with Crippen LogP contribution < -0.4 is 10.6 Å². The SMILES string of the molecule is CN1CCN(C2CC(F)(F)c3cc(NC(=O)c4ccc(Cl)c(C#CC5COCCN5)c4)ccc32)CC1. The zero-order valence-electron chi connectivity index (χ0n) is 20.1. The van der Waals surface area contributed by atoms with E-state index in [9.17, 15) is 4.79 Å². The summed E-state index contributed by atoms with van der Waals surface area (Å²) in [5, 5.41) is 6.44. The highest BCUT2D eigenvalue weighted by Gasteiger charge is 2.47. The van der Waals surface area contributed by atoms with E-state index < -0.39 is 11.8 Å². The Morgan fingerprint density at radius 3 is 2.75 bits per heavy atom. The molecule has 2 N–H and O–H groups in total. The zero-order chi connectivity index (χ0) is 25.3. The highest BCUT2D eigenvalue weighted by Crippen LogP contribution is 2.50. The van der Waals surface area contributed by atoms with Crippen molar-refractivity contribution in [1.29, 1.82) is 0 Å². The fourth-order valence-electron chi connectivity index (χ4n) is 4.95. The lowest BCUT2D eigenvalue weighted by Gasteiger charge is -2.36. The summed E-state index contributed by atoms with van der Waals surface area (Å²) in [4.78, 5) is 17.3. The Morgan fingerprint density at radius 2 is 2.00 bits per heavy atom. The Kier molecular flexibility index (Phi) is 7.29. The van der Waals surface area contributed by atoms with Crippen molar-refractivity contribution in [3.63, 3.8) is 0 Å². The van der Waals surface area contributed by atoms with Crippen LogP contribution in [0.2, 0.25) is 5.02 Å². The predicted molar refractivity (Wildman–Crippen MR) is 136 cm³/mol. The van der Waals surface area contributed by atoms with Crippen LogP contribution in [-0.2, 0) is 10.7 Å². The first-order chi connectivity index (χ1) is 17.3. The molecular weight excluding hydrogens is 486 g/mol. The van der Waals surface area contributed by atoms with Crippen LogP contribution >= 0.6 is 11.6 Å². The number of alkyl halides is 2. The molecule has 1 amide bonds. The minimum absolute atomic E-state index is 0.00547. The number of rotatable bonds is 3. The highest BCUT2D eigenvalue weighted by molar-refractivity contribution is 6.32. The van der Waals surface area contributed by atoms with Gasteiger partial charge in [0.05, 0.1) is 24.3 Å². The van der Waals surface area contributed by atoms with E-state index in [1.165, 1.54) is 6.07 Å². The highest BCUT2D eigenvalue weighted by atomic mass is 35.5. The summed E-state index contributed by atoms with van der Waals surface area (Å²) in [6.07, 6.45) is -0.233. The molecule has 2 saturated heterocycles. The quantitative estimate of drug-likeness (QED) is 0.612. The molecule has 6 nitrogen and oxygen atoms in total. The molecule has 2 atom stereocenters. The van der Waals surface area contributed by atoms with Crippen molar-refractivity contribution < 1.29 is 18.3 Å². The molecule has 9 heteroatoms. The second-order valence-electron chi connectivity index (χ2n) is 9.57. The number of morpholine rings is 1. The van der Waals surface area contributed by atoms with Gasteiger partial charge in [-0.15, -0.1) is 0 Å². The normalized spacial score (nSPS) is 24.0. The van der Waals surface area contributed by atoms with Crippen molar-refractivity contribution in [2.75, 3.05) is 58.3 Å². The maximum atomic E-state index is 15.0. The van der Waals surface area contributed by atoms with E-state index in [-0.39, 0.29) is 24.1 Å². The molecule has 2 aliphatic heterocycles. The van der Waals surface area contributed by atoms with E-state index in [4.69, 9.17) is 16.3 Å². The maximum absolute atomic E-state index is 15.0. The Bertz CT molecular complexity index is 1200. The second-order valence-corrected chi connectivity index (χ2v) is 9.97. The molecular formula is C27H29ClF2N4O2. The molecule has 2 aromatic carbocycles. The molecule has 0 radical (unpaired) electrons. The largest absolute Gasteiger partial charge is 0.377 e. The fraction of sp³-hybridized carbons (Fsp3) is 0.444. The van der Waals surface area contributed by atoms with Crippen molar-refractivity contribution in [2.45, 2.75) is 24.4 Å². The number of carbonyl (C=O) groups is 1. The van der Waals surface area contributed by atoms with Crippen LogP contribution in [0.1, 0.15) is 39.5 Å². The number of hydrogen-bond donors (Lipinski definition) is 2. The van der Waals surface area contributed by atoms with Crippen molar-refractivity contribution in [2.24, 2.45) is 0 Å². The Hall–Kier alpha value is -2.54. The molecule has 3 aliphatic rings. The van der Waals surface area contributed by atoms with Gasteiger partial charge >= 0.3 is 0 Å². The zero-order valence-corrected chi connectivity index (χ0v) is 20.9. The summed E-state index contributed by atoms with van der Waals surface area (Å²) in [7, 11) is 2.04. The smallest absolute Gasteiger partial charge is 0.275 e. The second kappa shape index (κ2) is 10.4. The number of halogens is 3. The first-order valence-electron chi connectivity index (χ1n) is 12.2. The number of fused-ring (bicyclic) bond motifs is 1. The number of amides is 1. The molecule has 5 rings (SSSR count). The Morgan fingerprint density at radius 1 is 1.19 bits per heavy atom. The molecule has 2 unspecified atom stereocenters. The van der Waals surface area contributed by atoms with Crippen LogP contribution in [-0.4, -0.2) is 74.7 Å². The molecule has 2 aromatic rings. The van der Waals surface area contributed by atoms with Crippen molar-refractivity contribution >= 4 is 23.2 Å². The molecule has 1 aliphatic carbocycles. The van der Waals surface area contributed by atoms with Crippen LogP contribution in [0.3, 0.4) is 0 Å².